The van der Waals surface area contributed by atoms with E-state index in [1.165, 1.54) is 11.8 Å². The van der Waals surface area contributed by atoms with Gasteiger partial charge in [-0.05, 0) is 40.0 Å². The van der Waals surface area contributed by atoms with Gasteiger partial charge in [-0.1, -0.05) is 41.6 Å². The SMILES string of the molecule is CC(=O)SCCC=Cc1ccc(Cl)c(Br)c1. The molecule has 1 aromatic rings. The zero-order chi connectivity index (χ0) is 12.0. The second-order valence-electron chi connectivity index (χ2n) is 3.20. The van der Waals surface area contributed by atoms with Crippen LogP contribution in [0.3, 0.4) is 0 Å². The number of allylic oxidation sites excluding steroid dienone is 1. The number of carbonyl (C=O) groups excluding carboxylic acids is 1. The Kier molecular flexibility index (Phi) is 6.17. The first-order valence-corrected chi connectivity index (χ1v) is 7.00. The highest BCUT2D eigenvalue weighted by molar-refractivity contribution is 9.10. The van der Waals surface area contributed by atoms with Gasteiger partial charge < -0.3 is 0 Å². The van der Waals surface area contributed by atoms with Gasteiger partial charge in [0.25, 0.3) is 0 Å². The second-order valence-corrected chi connectivity index (χ2v) is 5.74. The van der Waals surface area contributed by atoms with Gasteiger partial charge in [0.15, 0.2) is 5.12 Å². The molecule has 0 bridgehead atoms. The third kappa shape index (κ3) is 5.19. The maximum atomic E-state index is 10.7. The first-order valence-electron chi connectivity index (χ1n) is 4.84. The molecule has 0 amide bonds. The van der Waals surface area contributed by atoms with Crippen LogP contribution < -0.4 is 0 Å². The lowest BCUT2D eigenvalue weighted by Crippen LogP contribution is -1.83. The summed E-state index contributed by atoms with van der Waals surface area (Å²) in [6.45, 7) is 1.59. The van der Waals surface area contributed by atoms with Crippen molar-refractivity contribution in [2.24, 2.45) is 0 Å². The molecule has 0 unspecified atom stereocenters. The predicted molar refractivity (Wildman–Crippen MR) is 75.9 cm³/mol. The van der Waals surface area contributed by atoms with Crippen LogP contribution >= 0.6 is 39.3 Å². The van der Waals surface area contributed by atoms with Crippen molar-refractivity contribution < 1.29 is 4.79 Å². The van der Waals surface area contributed by atoms with Crippen molar-refractivity contribution in [1.82, 2.24) is 0 Å². The molecule has 1 nitrogen and oxygen atoms in total. The van der Waals surface area contributed by atoms with Crippen LogP contribution in [-0.4, -0.2) is 10.9 Å². The Balaban J connectivity index is 2.44. The molecule has 0 heterocycles. The van der Waals surface area contributed by atoms with Crippen molar-refractivity contribution in [2.75, 3.05) is 5.75 Å². The summed E-state index contributed by atoms with van der Waals surface area (Å²) in [5, 5.41) is 0.881. The quantitative estimate of drug-likeness (QED) is 0.743. The maximum Gasteiger partial charge on any atom is 0.185 e. The molecular weight excluding hydrogens is 308 g/mol. The third-order valence-electron chi connectivity index (χ3n) is 1.84. The molecule has 0 fully saturated rings. The highest BCUT2D eigenvalue weighted by Gasteiger charge is 1.96. The summed E-state index contributed by atoms with van der Waals surface area (Å²) in [6.07, 6.45) is 4.98. The molecule has 4 heteroatoms. The Hall–Kier alpha value is -0.250. The lowest BCUT2D eigenvalue weighted by molar-refractivity contribution is -0.109. The van der Waals surface area contributed by atoms with Crippen LogP contribution in [0, 0.1) is 0 Å². The minimum Gasteiger partial charge on any atom is -0.288 e. The number of rotatable bonds is 4. The van der Waals surface area contributed by atoms with Crippen molar-refractivity contribution in [2.45, 2.75) is 13.3 Å². The van der Waals surface area contributed by atoms with Crippen molar-refractivity contribution in [1.29, 1.82) is 0 Å². The van der Waals surface area contributed by atoms with Crippen LogP contribution in [0.5, 0.6) is 0 Å². The van der Waals surface area contributed by atoms with E-state index in [9.17, 15) is 4.79 Å². The van der Waals surface area contributed by atoms with E-state index in [-0.39, 0.29) is 5.12 Å². The summed E-state index contributed by atoms with van der Waals surface area (Å²) in [6, 6.07) is 5.79. The van der Waals surface area contributed by atoms with Gasteiger partial charge in [0.05, 0.1) is 5.02 Å². The van der Waals surface area contributed by atoms with Crippen LogP contribution in [0.2, 0.25) is 5.02 Å². The Morgan fingerprint density at radius 1 is 1.56 bits per heavy atom. The number of halogens is 2. The first-order chi connectivity index (χ1) is 7.59. The normalized spacial score (nSPS) is 10.9. The molecular formula is C12H12BrClOS. The fourth-order valence-corrected chi connectivity index (χ4v) is 2.16. The molecule has 1 rings (SSSR count). The van der Waals surface area contributed by atoms with Gasteiger partial charge >= 0.3 is 0 Å². The largest absolute Gasteiger partial charge is 0.288 e. The van der Waals surface area contributed by atoms with E-state index in [1.54, 1.807) is 6.92 Å². The predicted octanol–water partition coefficient (Wildman–Crippen LogP) is 4.79. The van der Waals surface area contributed by atoms with E-state index >= 15 is 0 Å². The van der Waals surface area contributed by atoms with E-state index in [1.807, 2.05) is 24.3 Å². The summed E-state index contributed by atoms with van der Waals surface area (Å²) in [7, 11) is 0. The van der Waals surface area contributed by atoms with E-state index in [2.05, 4.69) is 22.0 Å². The lowest BCUT2D eigenvalue weighted by atomic mass is 10.2. The molecule has 0 aromatic heterocycles. The van der Waals surface area contributed by atoms with Crippen LogP contribution in [0.1, 0.15) is 18.9 Å². The van der Waals surface area contributed by atoms with Crippen LogP contribution in [0.15, 0.2) is 28.7 Å². The smallest absolute Gasteiger partial charge is 0.185 e. The topological polar surface area (TPSA) is 17.1 Å². The van der Waals surface area contributed by atoms with Gasteiger partial charge in [-0.15, -0.1) is 0 Å². The average molecular weight is 320 g/mol. The summed E-state index contributed by atoms with van der Waals surface area (Å²) >= 11 is 10.6. The number of hydrogen-bond donors (Lipinski definition) is 0. The minimum atomic E-state index is 0.169. The highest BCUT2D eigenvalue weighted by atomic mass is 79.9. The van der Waals surface area contributed by atoms with Crippen LogP contribution in [-0.2, 0) is 4.79 Å². The van der Waals surface area contributed by atoms with Gasteiger partial charge in [-0.2, -0.15) is 0 Å². The molecule has 0 aliphatic carbocycles. The van der Waals surface area contributed by atoms with Crippen molar-refractivity contribution >= 4 is 50.5 Å². The fourth-order valence-electron chi connectivity index (χ4n) is 1.11. The summed E-state index contributed by atoms with van der Waals surface area (Å²) in [5.74, 6) is 0.834. The van der Waals surface area contributed by atoms with Gasteiger partial charge in [-0.25, -0.2) is 0 Å². The first kappa shape index (κ1) is 13.8. The number of carbonyl (C=O) groups is 1. The molecule has 0 aliphatic rings. The monoisotopic (exact) mass is 318 g/mol. The molecule has 1 aromatic carbocycles. The van der Waals surface area contributed by atoms with Crippen LogP contribution in [0.4, 0.5) is 0 Å². The maximum absolute atomic E-state index is 10.7. The average Bonchev–Trinajstić information content (AvgIpc) is 2.22. The molecule has 86 valence electrons. The van der Waals surface area contributed by atoms with Gasteiger partial charge in [0, 0.05) is 17.1 Å². The number of benzene rings is 1. The molecule has 0 spiro atoms. The Labute approximate surface area is 113 Å². The van der Waals surface area contributed by atoms with E-state index in [0.717, 1.165) is 22.2 Å². The molecule has 0 saturated heterocycles. The summed E-state index contributed by atoms with van der Waals surface area (Å²) < 4.78 is 0.898. The Morgan fingerprint density at radius 2 is 2.31 bits per heavy atom. The Morgan fingerprint density at radius 3 is 2.94 bits per heavy atom. The molecule has 0 aliphatic heterocycles. The zero-order valence-electron chi connectivity index (χ0n) is 8.87. The molecule has 0 atom stereocenters. The highest BCUT2D eigenvalue weighted by Crippen LogP contribution is 2.23. The molecule has 0 saturated carbocycles. The standard InChI is InChI=1S/C12H12BrClOS/c1-9(15)16-7-3-2-4-10-5-6-12(14)11(13)8-10/h2,4-6,8H,3,7H2,1H3. The van der Waals surface area contributed by atoms with Crippen molar-refractivity contribution in [3.05, 3.63) is 39.3 Å². The minimum absolute atomic E-state index is 0.169. The van der Waals surface area contributed by atoms with Gasteiger partial charge in [0.1, 0.15) is 0 Å². The van der Waals surface area contributed by atoms with E-state index in [0.29, 0.717) is 5.02 Å². The van der Waals surface area contributed by atoms with E-state index in [4.69, 9.17) is 11.6 Å². The van der Waals surface area contributed by atoms with Gasteiger partial charge in [0.2, 0.25) is 0 Å². The fraction of sp³-hybridized carbons (Fsp3) is 0.250. The van der Waals surface area contributed by atoms with Crippen molar-refractivity contribution in [3.8, 4) is 0 Å². The van der Waals surface area contributed by atoms with Gasteiger partial charge in [-0.3, -0.25) is 4.79 Å². The third-order valence-corrected chi connectivity index (χ3v) is 3.90. The Bertz CT molecular complexity index is 404. The molecule has 16 heavy (non-hydrogen) atoms. The molecule has 0 N–H and O–H groups in total. The number of hydrogen-bond acceptors (Lipinski definition) is 2. The summed E-state index contributed by atoms with van der Waals surface area (Å²) in [5.41, 5.74) is 1.10. The van der Waals surface area contributed by atoms with Crippen LogP contribution in [0.25, 0.3) is 6.08 Å². The summed E-state index contributed by atoms with van der Waals surface area (Å²) in [4.78, 5) is 10.7. The number of thioether (sulfide) groups is 1. The van der Waals surface area contributed by atoms with E-state index < -0.39 is 0 Å². The lowest BCUT2D eigenvalue weighted by Gasteiger charge is -1.97. The second kappa shape index (κ2) is 7.15. The molecule has 0 radical (unpaired) electrons. The zero-order valence-corrected chi connectivity index (χ0v) is 12.0. The van der Waals surface area contributed by atoms with Crippen molar-refractivity contribution in [3.63, 3.8) is 0 Å².